The average molecular weight is 295 g/mol. The highest BCUT2D eigenvalue weighted by atomic mass is 14.8. The molecule has 0 bridgehead atoms. The second-order valence-corrected chi connectivity index (χ2v) is 5.64. The molecule has 0 fully saturated rings. The molecule has 0 aliphatic heterocycles. The first-order valence-corrected chi connectivity index (χ1v) is 7.86. The first-order chi connectivity index (χ1) is 11.4. The van der Waals surface area contributed by atoms with Gasteiger partial charge in [-0.05, 0) is 33.9 Å². The molecule has 0 radical (unpaired) electrons. The van der Waals surface area contributed by atoms with Crippen molar-refractivity contribution in [1.29, 1.82) is 0 Å². The fourth-order valence-electron chi connectivity index (χ4n) is 3.14. The van der Waals surface area contributed by atoms with Crippen molar-refractivity contribution >= 4 is 12.3 Å². The summed E-state index contributed by atoms with van der Waals surface area (Å²) in [4.78, 5) is 4.81. The topological polar surface area (TPSA) is 12.4 Å². The molecule has 0 saturated heterocycles. The van der Waals surface area contributed by atoms with Crippen molar-refractivity contribution in [2.45, 2.75) is 6.04 Å². The first-order valence-electron chi connectivity index (χ1n) is 7.86. The summed E-state index contributed by atoms with van der Waals surface area (Å²) >= 11 is 0. The molecule has 0 atom stereocenters. The molecule has 1 aliphatic carbocycles. The summed E-state index contributed by atoms with van der Waals surface area (Å²) in [6, 6.07) is 27.5. The lowest BCUT2D eigenvalue weighted by Crippen LogP contribution is -1.92. The van der Waals surface area contributed by atoms with Gasteiger partial charge in [-0.15, -0.1) is 0 Å². The largest absolute Gasteiger partial charge is 0.280 e. The van der Waals surface area contributed by atoms with Crippen molar-refractivity contribution in [2.24, 2.45) is 4.99 Å². The maximum atomic E-state index is 4.81. The predicted octanol–water partition coefficient (Wildman–Crippen LogP) is 5.54. The summed E-state index contributed by atoms with van der Waals surface area (Å²) in [6.45, 7) is 0. The van der Waals surface area contributed by atoms with Crippen molar-refractivity contribution in [3.8, 4) is 11.1 Å². The van der Waals surface area contributed by atoms with E-state index < -0.39 is 0 Å². The van der Waals surface area contributed by atoms with E-state index in [-0.39, 0.29) is 6.04 Å². The highest BCUT2D eigenvalue weighted by Crippen LogP contribution is 2.44. The zero-order chi connectivity index (χ0) is 15.5. The molecule has 3 aromatic rings. The number of nitrogens with zero attached hydrogens (tertiary/aromatic N) is 1. The van der Waals surface area contributed by atoms with Gasteiger partial charge >= 0.3 is 0 Å². The lowest BCUT2D eigenvalue weighted by atomic mass is 10.1. The smallest absolute Gasteiger partial charge is 0.101 e. The second kappa shape index (κ2) is 6.05. The van der Waals surface area contributed by atoms with Gasteiger partial charge < -0.3 is 0 Å². The van der Waals surface area contributed by atoms with Crippen LogP contribution in [0, 0.1) is 0 Å². The van der Waals surface area contributed by atoms with Crippen LogP contribution in [0.1, 0.15) is 22.7 Å². The summed E-state index contributed by atoms with van der Waals surface area (Å²) in [5, 5.41) is 0. The minimum atomic E-state index is 0.0998. The highest BCUT2D eigenvalue weighted by molar-refractivity contribution is 5.82. The maximum Gasteiger partial charge on any atom is 0.101 e. The van der Waals surface area contributed by atoms with E-state index in [1.54, 1.807) is 0 Å². The van der Waals surface area contributed by atoms with Crippen molar-refractivity contribution in [3.05, 3.63) is 102 Å². The number of hydrogen-bond donors (Lipinski definition) is 0. The summed E-state index contributed by atoms with van der Waals surface area (Å²) in [5.41, 5.74) is 6.37. The SMILES string of the molecule is C(=Cc1ccccc1)C=NC1c2ccccc2-c2ccccc21. The third-order valence-corrected chi connectivity index (χ3v) is 4.21. The summed E-state index contributed by atoms with van der Waals surface area (Å²) in [5.74, 6) is 0. The van der Waals surface area contributed by atoms with Crippen molar-refractivity contribution in [2.75, 3.05) is 0 Å². The molecule has 1 aliphatic rings. The molecule has 3 aromatic carbocycles. The van der Waals surface area contributed by atoms with E-state index in [4.69, 9.17) is 4.99 Å². The predicted molar refractivity (Wildman–Crippen MR) is 97.7 cm³/mol. The van der Waals surface area contributed by atoms with Crippen LogP contribution in [0.3, 0.4) is 0 Å². The van der Waals surface area contributed by atoms with Gasteiger partial charge in [-0.25, -0.2) is 0 Å². The molecular formula is C22H17N. The molecule has 23 heavy (non-hydrogen) atoms. The maximum absolute atomic E-state index is 4.81. The molecule has 1 heteroatoms. The fourth-order valence-corrected chi connectivity index (χ4v) is 3.14. The Morgan fingerprint density at radius 3 is 1.87 bits per heavy atom. The Kier molecular flexibility index (Phi) is 3.61. The lowest BCUT2D eigenvalue weighted by Gasteiger charge is -2.06. The standard InChI is InChI=1S/C22H17N/c1-2-9-17(10-3-1)11-8-16-23-22-20-14-6-4-12-18(20)19-13-5-7-15-21(19)22/h1-16,22H. The number of allylic oxidation sites excluding steroid dienone is 1. The molecule has 0 amide bonds. The van der Waals surface area contributed by atoms with Gasteiger partial charge in [-0.3, -0.25) is 4.99 Å². The van der Waals surface area contributed by atoms with Gasteiger partial charge in [0.1, 0.15) is 6.04 Å². The Bertz CT molecular complexity index is 830. The van der Waals surface area contributed by atoms with Crippen LogP contribution in [-0.2, 0) is 0 Å². The number of rotatable bonds is 3. The summed E-state index contributed by atoms with van der Waals surface area (Å²) in [6.07, 6.45) is 6.01. The van der Waals surface area contributed by atoms with E-state index in [1.807, 2.05) is 30.5 Å². The zero-order valence-electron chi connectivity index (χ0n) is 12.8. The molecule has 0 saturated carbocycles. The summed E-state index contributed by atoms with van der Waals surface area (Å²) < 4.78 is 0. The average Bonchev–Trinajstić information content (AvgIpc) is 2.94. The van der Waals surface area contributed by atoms with Crippen LogP contribution in [0.15, 0.2) is 89.9 Å². The van der Waals surface area contributed by atoms with Crippen molar-refractivity contribution in [3.63, 3.8) is 0 Å². The monoisotopic (exact) mass is 295 g/mol. The van der Waals surface area contributed by atoms with Crippen LogP contribution in [0.4, 0.5) is 0 Å². The molecular weight excluding hydrogens is 278 g/mol. The van der Waals surface area contributed by atoms with Crippen LogP contribution in [-0.4, -0.2) is 6.21 Å². The van der Waals surface area contributed by atoms with E-state index in [0.29, 0.717) is 0 Å². The van der Waals surface area contributed by atoms with Gasteiger partial charge in [0.15, 0.2) is 0 Å². The third-order valence-electron chi connectivity index (χ3n) is 4.21. The summed E-state index contributed by atoms with van der Waals surface area (Å²) in [7, 11) is 0. The molecule has 0 N–H and O–H groups in total. The van der Waals surface area contributed by atoms with Crippen LogP contribution in [0.2, 0.25) is 0 Å². The number of fused-ring (bicyclic) bond motifs is 3. The minimum Gasteiger partial charge on any atom is -0.280 e. The highest BCUT2D eigenvalue weighted by Gasteiger charge is 2.26. The van der Waals surface area contributed by atoms with Crippen LogP contribution < -0.4 is 0 Å². The Morgan fingerprint density at radius 2 is 1.22 bits per heavy atom. The van der Waals surface area contributed by atoms with Gasteiger partial charge in [0.2, 0.25) is 0 Å². The van der Waals surface area contributed by atoms with Gasteiger partial charge in [-0.1, -0.05) is 84.9 Å². The van der Waals surface area contributed by atoms with E-state index in [2.05, 4.69) is 66.7 Å². The van der Waals surface area contributed by atoms with Crippen LogP contribution in [0.5, 0.6) is 0 Å². The Hall–Kier alpha value is -2.93. The van der Waals surface area contributed by atoms with Gasteiger partial charge in [0, 0.05) is 6.21 Å². The van der Waals surface area contributed by atoms with Gasteiger partial charge in [0.05, 0.1) is 0 Å². The Morgan fingerprint density at radius 1 is 0.652 bits per heavy atom. The lowest BCUT2D eigenvalue weighted by molar-refractivity contribution is 0.909. The molecule has 4 rings (SSSR count). The number of benzene rings is 3. The van der Waals surface area contributed by atoms with Crippen LogP contribution >= 0.6 is 0 Å². The third kappa shape index (κ3) is 2.62. The molecule has 0 aromatic heterocycles. The van der Waals surface area contributed by atoms with E-state index in [9.17, 15) is 0 Å². The Labute approximate surface area is 136 Å². The van der Waals surface area contributed by atoms with Gasteiger partial charge in [0.25, 0.3) is 0 Å². The van der Waals surface area contributed by atoms with E-state index in [0.717, 1.165) is 0 Å². The van der Waals surface area contributed by atoms with Crippen molar-refractivity contribution < 1.29 is 0 Å². The van der Waals surface area contributed by atoms with E-state index in [1.165, 1.54) is 27.8 Å². The molecule has 0 unspecified atom stereocenters. The zero-order valence-corrected chi connectivity index (χ0v) is 12.8. The Balaban J connectivity index is 1.64. The molecule has 1 nitrogen and oxygen atoms in total. The first kappa shape index (κ1) is 13.7. The fraction of sp³-hybridized carbons (Fsp3) is 0.0455. The van der Waals surface area contributed by atoms with Gasteiger partial charge in [-0.2, -0.15) is 0 Å². The number of hydrogen-bond acceptors (Lipinski definition) is 1. The van der Waals surface area contributed by atoms with E-state index >= 15 is 0 Å². The minimum absolute atomic E-state index is 0.0998. The second-order valence-electron chi connectivity index (χ2n) is 5.64. The normalized spacial score (nSPS) is 13.6. The molecule has 110 valence electrons. The quantitative estimate of drug-likeness (QED) is 0.562. The molecule has 0 spiro atoms. The molecule has 0 heterocycles. The van der Waals surface area contributed by atoms with Crippen molar-refractivity contribution in [1.82, 2.24) is 0 Å². The number of aliphatic imine (C=N–C) groups is 1. The van der Waals surface area contributed by atoms with Crippen LogP contribution in [0.25, 0.3) is 17.2 Å².